The number of rotatable bonds is 4. The Morgan fingerprint density at radius 1 is 1.43 bits per heavy atom. The van der Waals surface area contributed by atoms with Crippen molar-refractivity contribution in [2.24, 2.45) is 5.92 Å². The fourth-order valence-electron chi connectivity index (χ4n) is 1.84. The minimum atomic E-state index is -2.36. The van der Waals surface area contributed by atoms with Crippen molar-refractivity contribution in [3.63, 3.8) is 0 Å². The van der Waals surface area contributed by atoms with E-state index in [0.29, 0.717) is 11.2 Å². The van der Waals surface area contributed by atoms with Crippen molar-refractivity contribution in [1.82, 2.24) is 0 Å². The molecule has 1 aliphatic rings. The van der Waals surface area contributed by atoms with Crippen LogP contribution in [0.4, 0.5) is 8.78 Å². The summed E-state index contributed by atoms with van der Waals surface area (Å²) in [5, 5.41) is 0.666. The maximum Gasteiger partial charge on any atom is 0.261 e. The van der Waals surface area contributed by atoms with Gasteiger partial charge in [0.1, 0.15) is 6.61 Å². The first-order valence-corrected chi connectivity index (χ1v) is 6.18. The Hall–Kier alpha value is 0.300. The summed E-state index contributed by atoms with van der Waals surface area (Å²) < 4.78 is 29.4. The molecule has 0 aromatic rings. The predicted molar refractivity (Wildman–Crippen MR) is 56.1 cm³/mol. The first kappa shape index (κ1) is 12.4. The molecule has 1 aliphatic carbocycles. The number of ether oxygens (including phenoxy) is 1. The van der Waals surface area contributed by atoms with Crippen LogP contribution in [0, 0.1) is 5.92 Å². The van der Waals surface area contributed by atoms with Crippen LogP contribution in [-0.2, 0) is 4.74 Å². The molecular formula is C10H17BrF2O. The molecule has 0 atom stereocenters. The lowest BCUT2D eigenvalue weighted by atomic mass is 9.80. The average Bonchev–Trinajstić information content (AvgIpc) is 2.18. The fraction of sp³-hybridized carbons (Fsp3) is 1.00. The highest BCUT2D eigenvalue weighted by Crippen LogP contribution is 2.36. The Kier molecular flexibility index (Phi) is 4.77. The van der Waals surface area contributed by atoms with Gasteiger partial charge in [0.25, 0.3) is 6.43 Å². The van der Waals surface area contributed by atoms with E-state index in [1.807, 2.05) is 0 Å². The van der Waals surface area contributed by atoms with E-state index in [0.717, 1.165) is 25.7 Å². The van der Waals surface area contributed by atoms with Crippen LogP contribution in [0.2, 0.25) is 0 Å². The normalized spacial score (nSPS) is 33.6. The average molecular weight is 271 g/mol. The van der Waals surface area contributed by atoms with Gasteiger partial charge in [-0.25, -0.2) is 8.78 Å². The van der Waals surface area contributed by atoms with Crippen molar-refractivity contribution in [3.8, 4) is 0 Å². The van der Waals surface area contributed by atoms with Gasteiger partial charge in [-0.2, -0.15) is 0 Å². The van der Waals surface area contributed by atoms with Gasteiger partial charge < -0.3 is 4.74 Å². The third kappa shape index (κ3) is 3.46. The zero-order chi connectivity index (χ0) is 10.6. The van der Waals surface area contributed by atoms with Crippen LogP contribution >= 0.6 is 15.9 Å². The van der Waals surface area contributed by atoms with Crippen LogP contribution in [0.1, 0.15) is 32.6 Å². The molecule has 0 bridgehead atoms. The van der Waals surface area contributed by atoms with Crippen LogP contribution in [0.3, 0.4) is 0 Å². The molecule has 1 fully saturated rings. The summed E-state index contributed by atoms with van der Waals surface area (Å²) in [5.74, 6) is 0.706. The smallest absolute Gasteiger partial charge is 0.261 e. The molecular weight excluding hydrogens is 254 g/mol. The summed E-state index contributed by atoms with van der Waals surface area (Å²) in [6, 6.07) is 0. The summed E-state index contributed by atoms with van der Waals surface area (Å²) in [7, 11) is 0. The first-order chi connectivity index (χ1) is 6.58. The van der Waals surface area contributed by atoms with E-state index in [1.54, 1.807) is 0 Å². The minimum absolute atomic E-state index is 0.330. The van der Waals surface area contributed by atoms with E-state index >= 15 is 0 Å². The summed E-state index contributed by atoms with van der Waals surface area (Å²) in [6.45, 7) is 1.77. The minimum Gasteiger partial charge on any atom is -0.368 e. The molecule has 0 aromatic heterocycles. The van der Waals surface area contributed by atoms with Gasteiger partial charge in [0.05, 0.1) is 5.60 Å². The summed E-state index contributed by atoms with van der Waals surface area (Å²) in [6.07, 6.45) is 1.59. The largest absolute Gasteiger partial charge is 0.368 e. The third-order valence-electron chi connectivity index (χ3n) is 2.94. The second-order valence-corrected chi connectivity index (χ2v) is 4.76. The molecule has 0 radical (unpaired) electrons. The Labute approximate surface area is 92.3 Å². The number of alkyl halides is 3. The molecule has 1 saturated carbocycles. The molecule has 0 saturated heterocycles. The molecule has 0 spiro atoms. The van der Waals surface area contributed by atoms with Crippen LogP contribution < -0.4 is 0 Å². The first-order valence-electron chi connectivity index (χ1n) is 5.06. The molecule has 0 aliphatic heterocycles. The number of hydrogen-bond acceptors (Lipinski definition) is 1. The Morgan fingerprint density at radius 3 is 2.43 bits per heavy atom. The van der Waals surface area contributed by atoms with Gasteiger partial charge in [0.15, 0.2) is 0 Å². The van der Waals surface area contributed by atoms with Crippen molar-refractivity contribution < 1.29 is 13.5 Å². The van der Waals surface area contributed by atoms with E-state index in [9.17, 15) is 8.78 Å². The van der Waals surface area contributed by atoms with Crippen molar-refractivity contribution >= 4 is 15.9 Å². The van der Waals surface area contributed by atoms with Gasteiger partial charge in [-0.1, -0.05) is 22.9 Å². The van der Waals surface area contributed by atoms with Gasteiger partial charge in [0, 0.05) is 5.33 Å². The predicted octanol–water partition coefficient (Wildman–Crippen LogP) is 3.61. The van der Waals surface area contributed by atoms with Crippen molar-refractivity contribution in [3.05, 3.63) is 0 Å². The van der Waals surface area contributed by atoms with Crippen LogP contribution in [-0.4, -0.2) is 24.0 Å². The van der Waals surface area contributed by atoms with Crippen LogP contribution in [0.15, 0.2) is 0 Å². The topological polar surface area (TPSA) is 9.23 Å². The monoisotopic (exact) mass is 270 g/mol. The molecule has 1 nitrogen and oxygen atoms in total. The maximum absolute atomic E-state index is 12.0. The lowest BCUT2D eigenvalue weighted by molar-refractivity contribution is -0.0971. The van der Waals surface area contributed by atoms with Gasteiger partial charge in [-0.05, 0) is 31.6 Å². The second-order valence-electron chi connectivity index (χ2n) is 4.20. The van der Waals surface area contributed by atoms with Crippen molar-refractivity contribution in [2.45, 2.75) is 44.6 Å². The molecule has 0 N–H and O–H groups in total. The quantitative estimate of drug-likeness (QED) is 0.710. The highest BCUT2D eigenvalue weighted by Gasteiger charge is 2.34. The third-order valence-corrected chi connectivity index (χ3v) is 3.97. The Balaban J connectivity index is 2.41. The molecule has 0 unspecified atom stereocenters. The lowest BCUT2D eigenvalue weighted by Gasteiger charge is -2.38. The maximum atomic E-state index is 12.0. The van der Waals surface area contributed by atoms with E-state index in [4.69, 9.17) is 4.74 Å². The van der Waals surface area contributed by atoms with Gasteiger partial charge in [0.2, 0.25) is 0 Å². The summed E-state index contributed by atoms with van der Waals surface area (Å²) in [5.41, 5.74) is -0.330. The number of halogens is 3. The second kappa shape index (κ2) is 5.40. The van der Waals surface area contributed by atoms with E-state index in [1.165, 1.54) is 0 Å². The highest BCUT2D eigenvalue weighted by atomic mass is 79.9. The van der Waals surface area contributed by atoms with Gasteiger partial charge in [-0.3, -0.25) is 0 Å². The molecule has 84 valence electrons. The molecule has 1 rings (SSSR count). The summed E-state index contributed by atoms with van der Waals surface area (Å²) in [4.78, 5) is 0. The standard InChI is InChI=1S/C10H17BrF2O/c1-8-2-4-10(7-11,5-3-8)14-6-9(12)13/h8-9H,2-7H2,1H3. The zero-order valence-corrected chi connectivity index (χ0v) is 10.0. The van der Waals surface area contributed by atoms with Crippen molar-refractivity contribution in [2.75, 3.05) is 11.9 Å². The SMILES string of the molecule is CC1CCC(CBr)(OCC(F)F)CC1. The Bertz CT molecular complexity index is 168. The van der Waals surface area contributed by atoms with E-state index in [-0.39, 0.29) is 5.60 Å². The fourth-order valence-corrected chi connectivity index (χ4v) is 2.57. The van der Waals surface area contributed by atoms with E-state index < -0.39 is 13.0 Å². The highest BCUT2D eigenvalue weighted by molar-refractivity contribution is 9.09. The molecule has 0 heterocycles. The number of hydrogen-bond donors (Lipinski definition) is 0. The van der Waals surface area contributed by atoms with Crippen LogP contribution in [0.25, 0.3) is 0 Å². The van der Waals surface area contributed by atoms with Gasteiger partial charge >= 0.3 is 0 Å². The summed E-state index contributed by atoms with van der Waals surface area (Å²) >= 11 is 3.37. The van der Waals surface area contributed by atoms with E-state index in [2.05, 4.69) is 22.9 Å². The molecule has 4 heteroatoms. The van der Waals surface area contributed by atoms with Crippen LogP contribution in [0.5, 0.6) is 0 Å². The molecule has 0 aromatic carbocycles. The zero-order valence-electron chi connectivity index (χ0n) is 8.44. The Morgan fingerprint density at radius 2 is 2.00 bits per heavy atom. The van der Waals surface area contributed by atoms with Gasteiger partial charge in [-0.15, -0.1) is 0 Å². The van der Waals surface area contributed by atoms with Crippen molar-refractivity contribution in [1.29, 1.82) is 0 Å². The molecule has 14 heavy (non-hydrogen) atoms. The molecule has 0 amide bonds. The lowest BCUT2D eigenvalue weighted by Crippen LogP contribution is -2.39.